The maximum Gasteiger partial charge on any atom is 0.573 e. The van der Waals surface area contributed by atoms with Crippen LogP contribution in [0.25, 0.3) is 0 Å². The van der Waals surface area contributed by atoms with Gasteiger partial charge in [0.25, 0.3) is 0 Å². The van der Waals surface area contributed by atoms with Gasteiger partial charge < -0.3 is 9.47 Å². The van der Waals surface area contributed by atoms with Crippen molar-refractivity contribution in [2.75, 3.05) is 7.11 Å². The quantitative estimate of drug-likeness (QED) is 0.633. The number of aldehydes is 1. The molecule has 8 heteroatoms. The van der Waals surface area contributed by atoms with E-state index in [2.05, 4.69) is 30.4 Å². The number of nitrogens with zero attached hydrogens (tertiary/aromatic N) is 1. The molecule has 0 aliphatic carbocycles. The molecular weight excluding hydrogens is 307 g/mol. The zero-order valence-corrected chi connectivity index (χ0v) is 10.1. The first kappa shape index (κ1) is 13.8. The van der Waals surface area contributed by atoms with Gasteiger partial charge in [-0.2, -0.15) is 0 Å². The Hall–Kier alpha value is -1.31. The molecule has 0 radical (unpaired) electrons. The van der Waals surface area contributed by atoms with Gasteiger partial charge >= 0.3 is 6.36 Å². The summed E-state index contributed by atoms with van der Waals surface area (Å²) < 4.78 is 44.8. The van der Waals surface area contributed by atoms with Crippen molar-refractivity contribution in [1.82, 2.24) is 4.98 Å². The van der Waals surface area contributed by atoms with Gasteiger partial charge in [0.1, 0.15) is 5.69 Å². The Labute approximate surface area is 103 Å². The SMILES string of the molecule is COc1c(OC(F)(F)F)cc(CBr)nc1C=O. The zero-order chi connectivity index (χ0) is 13.1. The van der Waals surface area contributed by atoms with E-state index >= 15 is 0 Å². The lowest BCUT2D eigenvalue weighted by molar-refractivity contribution is -0.275. The number of ether oxygens (including phenoxy) is 2. The lowest BCUT2D eigenvalue weighted by Gasteiger charge is -2.14. The standard InChI is InChI=1S/C9H7BrF3NO3/c1-16-8-6(4-15)14-5(3-10)2-7(8)17-9(11,12)13/h2,4H,3H2,1H3. The molecule has 4 nitrogen and oxygen atoms in total. The normalized spacial score (nSPS) is 11.1. The first-order valence-corrected chi connectivity index (χ1v) is 5.38. The maximum absolute atomic E-state index is 12.1. The molecule has 0 bridgehead atoms. The minimum absolute atomic E-state index is 0.187. The summed E-state index contributed by atoms with van der Waals surface area (Å²) in [5, 5.41) is 0.187. The van der Waals surface area contributed by atoms with Crippen molar-refractivity contribution in [3.63, 3.8) is 0 Å². The van der Waals surface area contributed by atoms with Crippen molar-refractivity contribution in [3.8, 4) is 11.5 Å². The van der Waals surface area contributed by atoms with E-state index in [-0.39, 0.29) is 22.5 Å². The van der Waals surface area contributed by atoms with E-state index in [1.165, 1.54) is 0 Å². The molecule has 1 aromatic heterocycles. The maximum atomic E-state index is 12.1. The second-order valence-corrected chi connectivity index (χ2v) is 3.39. The molecule has 0 aromatic carbocycles. The van der Waals surface area contributed by atoms with Crippen LogP contribution in [0.15, 0.2) is 6.07 Å². The summed E-state index contributed by atoms with van der Waals surface area (Å²) in [5.41, 5.74) is -0.0177. The van der Waals surface area contributed by atoms with Gasteiger partial charge in [0, 0.05) is 11.4 Å². The summed E-state index contributed by atoms with van der Waals surface area (Å²) in [5.74, 6) is -0.937. The van der Waals surface area contributed by atoms with Crippen LogP contribution in [-0.2, 0) is 5.33 Å². The number of carbonyl (C=O) groups excluding carboxylic acids is 1. The summed E-state index contributed by atoms with van der Waals surface area (Å²) in [6, 6.07) is 1.05. The number of aromatic nitrogens is 1. The highest BCUT2D eigenvalue weighted by molar-refractivity contribution is 9.08. The molecule has 0 spiro atoms. The molecule has 1 rings (SSSR count). The van der Waals surface area contributed by atoms with Gasteiger partial charge in [-0.05, 0) is 0 Å². The van der Waals surface area contributed by atoms with Gasteiger partial charge in [-0.3, -0.25) is 4.79 Å². The zero-order valence-electron chi connectivity index (χ0n) is 8.55. The third kappa shape index (κ3) is 3.58. The second kappa shape index (κ2) is 5.35. The van der Waals surface area contributed by atoms with E-state index < -0.39 is 12.1 Å². The fourth-order valence-corrected chi connectivity index (χ4v) is 1.42. The first-order chi connectivity index (χ1) is 7.91. The fraction of sp³-hybridized carbons (Fsp3) is 0.333. The van der Waals surface area contributed by atoms with Crippen molar-refractivity contribution in [1.29, 1.82) is 0 Å². The van der Waals surface area contributed by atoms with Crippen LogP contribution in [0.3, 0.4) is 0 Å². The average molecular weight is 314 g/mol. The van der Waals surface area contributed by atoms with Crippen LogP contribution in [0, 0.1) is 0 Å². The Morgan fingerprint density at radius 2 is 2.18 bits per heavy atom. The molecule has 0 saturated carbocycles. The third-order valence-corrected chi connectivity index (χ3v) is 2.27. The van der Waals surface area contributed by atoms with Crippen LogP contribution in [0.1, 0.15) is 16.2 Å². The summed E-state index contributed by atoms with van der Waals surface area (Å²) >= 11 is 3.03. The fourth-order valence-electron chi connectivity index (χ4n) is 1.13. The molecule has 0 atom stereocenters. The lowest BCUT2D eigenvalue weighted by Crippen LogP contribution is -2.18. The Kier molecular flexibility index (Phi) is 4.33. The van der Waals surface area contributed by atoms with Crippen molar-refractivity contribution >= 4 is 22.2 Å². The number of hydrogen-bond donors (Lipinski definition) is 0. The van der Waals surface area contributed by atoms with Crippen LogP contribution in [0.2, 0.25) is 0 Å². The number of pyridine rings is 1. The van der Waals surface area contributed by atoms with Crippen molar-refractivity contribution in [3.05, 3.63) is 17.5 Å². The molecule has 0 fully saturated rings. The molecule has 17 heavy (non-hydrogen) atoms. The highest BCUT2D eigenvalue weighted by atomic mass is 79.9. The number of methoxy groups -OCH3 is 1. The Morgan fingerprint density at radius 1 is 1.53 bits per heavy atom. The molecule has 0 aliphatic heterocycles. The van der Waals surface area contributed by atoms with E-state index in [0.717, 1.165) is 13.2 Å². The van der Waals surface area contributed by atoms with E-state index in [1.807, 2.05) is 0 Å². The topological polar surface area (TPSA) is 48.4 Å². The molecule has 1 heterocycles. The number of hydrogen-bond acceptors (Lipinski definition) is 4. The molecule has 0 unspecified atom stereocenters. The van der Waals surface area contributed by atoms with E-state index in [4.69, 9.17) is 0 Å². The summed E-state index contributed by atoms with van der Waals surface area (Å²) in [6.07, 6.45) is -4.56. The van der Waals surface area contributed by atoms with Crippen LogP contribution in [0.4, 0.5) is 13.2 Å². The smallest absolute Gasteiger partial charge is 0.491 e. The molecule has 94 valence electrons. The number of halogens is 4. The van der Waals surface area contributed by atoms with Crippen molar-refractivity contribution < 1.29 is 27.4 Å². The van der Waals surface area contributed by atoms with Crippen LogP contribution >= 0.6 is 15.9 Å². The van der Waals surface area contributed by atoms with Crippen molar-refractivity contribution in [2.45, 2.75) is 11.7 Å². The summed E-state index contributed by atoms with van der Waals surface area (Å²) in [4.78, 5) is 14.5. The lowest BCUT2D eigenvalue weighted by atomic mass is 10.2. The van der Waals surface area contributed by atoms with Gasteiger partial charge in [-0.15, -0.1) is 13.2 Å². The first-order valence-electron chi connectivity index (χ1n) is 4.26. The number of carbonyl (C=O) groups is 1. The predicted molar refractivity (Wildman–Crippen MR) is 55.5 cm³/mol. The van der Waals surface area contributed by atoms with Crippen molar-refractivity contribution in [2.24, 2.45) is 0 Å². The monoisotopic (exact) mass is 313 g/mol. The van der Waals surface area contributed by atoms with E-state index in [9.17, 15) is 18.0 Å². The van der Waals surface area contributed by atoms with Gasteiger partial charge in [0.15, 0.2) is 17.8 Å². The molecule has 0 saturated heterocycles. The highest BCUT2D eigenvalue weighted by Crippen LogP contribution is 2.34. The summed E-state index contributed by atoms with van der Waals surface area (Å²) in [6.45, 7) is 0. The predicted octanol–water partition coefficient (Wildman–Crippen LogP) is 2.70. The molecular formula is C9H7BrF3NO3. The molecule has 1 aromatic rings. The Bertz CT molecular complexity index is 423. The number of rotatable bonds is 4. The van der Waals surface area contributed by atoms with Gasteiger partial charge in [-0.1, -0.05) is 15.9 Å². The van der Waals surface area contributed by atoms with Gasteiger partial charge in [-0.25, -0.2) is 4.98 Å². The molecule has 0 N–H and O–H groups in total. The van der Waals surface area contributed by atoms with E-state index in [1.54, 1.807) is 0 Å². The largest absolute Gasteiger partial charge is 0.573 e. The second-order valence-electron chi connectivity index (χ2n) is 2.83. The van der Waals surface area contributed by atoms with E-state index in [0.29, 0.717) is 6.29 Å². The summed E-state index contributed by atoms with van der Waals surface area (Å²) in [7, 11) is 1.13. The molecule has 0 aliphatic rings. The van der Waals surface area contributed by atoms with Gasteiger partial charge in [0.2, 0.25) is 0 Å². The average Bonchev–Trinajstić information content (AvgIpc) is 2.25. The van der Waals surface area contributed by atoms with Gasteiger partial charge in [0.05, 0.1) is 12.8 Å². The highest BCUT2D eigenvalue weighted by Gasteiger charge is 2.33. The molecule has 0 amide bonds. The van der Waals surface area contributed by atoms with Crippen LogP contribution in [0.5, 0.6) is 11.5 Å². The number of alkyl halides is 4. The minimum atomic E-state index is -4.86. The third-order valence-electron chi connectivity index (χ3n) is 1.70. The minimum Gasteiger partial charge on any atom is -0.491 e. The van der Waals surface area contributed by atoms with Crippen LogP contribution < -0.4 is 9.47 Å². The van der Waals surface area contributed by atoms with Crippen LogP contribution in [-0.4, -0.2) is 24.7 Å². The Morgan fingerprint density at radius 3 is 2.59 bits per heavy atom. The Balaban J connectivity index is 3.29.